The summed E-state index contributed by atoms with van der Waals surface area (Å²) in [4.78, 5) is 33.8. The van der Waals surface area contributed by atoms with E-state index in [-0.39, 0.29) is 29.4 Å². The lowest BCUT2D eigenvalue weighted by Gasteiger charge is -2.12. The minimum atomic E-state index is -1.41. The van der Waals surface area contributed by atoms with Crippen molar-refractivity contribution in [2.75, 3.05) is 6.61 Å². The number of hydrogen-bond acceptors (Lipinski definition) is 6. The van der Waals surface area contributed by atoms with E-state index in [1.807, 2.05) is 0 Å². The monoisotopic (exact) mass is 331 g/mol. The Bertz CT molecular complexity index is 801. The van der Waals surface area contributed by atoms with Gasteiger partial charge < -0.3 is 14.6 Å². The Hall–Kier alpha value is -3.42. The minimum Gasteiger partial charge on any atom is -0.478 e. The Kier molecular flexibility index (Phi) is 5.10. The Morgan fingerprint density at radius 1 is 1.12 bits per heavy atom. The quantitative estimate of drug-likeness (QED) is 0.490. The normalized spacial score (nSPS) is 10.0. The van der Waals surface area contributed by atoms with Crippen LogP contribution in [0.5, 0.6) is 11.5 Å². The second-order valence-corrected chi connectivity index (χ2v) is 4.53. The Morgan fingerprint density at radius 3 is 2.42 bits per heavy atom. The fraction of sp³-hybridized carbons (Fsp3) is 0.125. The summed E-state index contributed by atoms with van der Waals surface area (Å²) >= 11 is 0. The molecule has 0 amide bonds. The molecule has 1 N–H and O–H groups in total. The molecule has 0 saturated carbocycles. The highest BCUT2D eigenvalue weighted by Gasteiger charge is 2.24. The average molecular weight is 331 g/mol. The van der Waals surface area contributed by atoms with E-state index in [9.17, 15) is 24.8 Å². The molecule has 0 aliphatic heterocycles. The summed E-state index contributed by atoms with van der Waals surface area (Å²) in [5.74, 6) is -2.55. The number of ether oxygens (including phenoxy) is 2. The number of rotatable bonds is 6. The summed E-state index contributed by atoms with van der Waals surface area (Å²) in [5.41, 5.74) is -0.940. The van der Waals surface area contributed by atoms with Crippen LogP contribution in [0.3, 0.4) is 0 Å². The summed E-state index contributed by atoms with van der Waals surface area (Å²) in [6, 6.07) is 9.53. The molecule has 2 aromatic rings. The van der Waals surface area contributed by atoms with Gasteiger partial charge in [-0.15, -0.1) is 0 Å². The van der Waals surface area contributed by atoms with Crippen LogP contribution in [-0.2, 0) is 4.74 Å². The zero-order valence-corrected chi connectivity index (χ0v) is 12.6. The molecule has 124 valence electrons. The van der Waals surface area contributed by atoms with Crippen LogP contribution in [0.1, 0.15) is 27.6 Å². The number of nitro groups is 1. The van der Waals surface area contributed by atoms with E-state index in [1.165, 1.54) is 42.5 Å². The van der Waals surface area contributed by atoms with Gasteiger partial charge in [0.05, 0.1) is 17.1 Å². The predicted molar refractivity (Wildman–Crippen MR) is 82.5 cm³/mol. The lowest BCUT2D eigenvalue weighted by Crippen LogP contribution is -2.13. The van der Waals surface area contributed by atoms with Gasteiger partial charge in [-0.3, -0.25) is 10.1 Å². The lowest BCUT2D eigenvalue weighted by molar-refractivity contribution is -0.385. The fourth-order valence-electron chi connectivity index (χ4n) is 2.03. The summed E-state index contributed by atoms with van der Waals surface area (Å²) in [7, 11) is 0. The largest absolute Gasteiger partial charge is 0.478 e. The number of para-hydroxylation sites is 2. The van der Waals surface area contributed by atoms with E-state index in [0.29, 0.717) is 0 Å². The van der Waals surface area contributed by atoms with Crippen molar-refractivity contribution in [2.24, 2.45) is 0 Å². The number of esters is 1. The van der Waals surface area contributed by atoms with Crippen LogP contribution in [0.15, 0.2) is 42.5 Å². The first-order valence-electron chi connectivity index (χ1n) is 6.90. The van der Waals surface area contributed by atoms with E-state index < -0.39 is 22.4 Å². The summed E-state index contributed by atoms with van der Waals surface area (Å²) in [6.07, 6.45) is 0. The zero-order valence-electron chi connectivity index (χ0n) is 12.6. The zero-order chi connectivity index (χ0) is 17.7. The maximum atomic E-state index is 11.9. The molecule has 0 aromatic heterocycles. The molecule has 2 rings (SSSR count). The molecule has 0 aliphatic rings. The van der Waals surface area contributed by atoms with Crippen molar-refractivity contribution in [1.82, 2.24) is 0 Å². The van der Waals surface area contributed by atoms with Gasteiger partial charge in [-0.1, -0.05) is 18.2 Å². The number of carboxylic acids is 1. The van der Waals surface area contributed by atoms with Gasteiger partial charge in [0.1, 0.15) is 11.3 Å². The third-order valence-corrected chi connectivity index (χ3v) is 3.02. The molecule has 0 heterocycles. The SMILES string of the molecule is CCOC(=O)c1cccc(Oc2ccccc2[N+](=O)[O-])c1C(=O)O. The van der Waals surface area contributed by atoms with Gasteiger partial charge in [0, 0.05) is 6.07 Å². The smallest absolute Gasteiger partial charge is 0.340 e. The first-order chi connectivity index (χ1) is 11.5. The van der Waals surface area contributed by atoms with Gasteiger partial charge in [0.25, 0.3) is 0 Å². The molecule has 0 radical (unpaired) electrons. The highest BCUT2D eigenvalue weighted by atomic mass is 16.6. The highest BCUT2D eigenvalue weighted by Crippen LogP contribution is 2.33. The van der Waals surface area contributed by atoms with Crippen molar-refractivity contribution in [3.05, 3.63) is 63.7 Å². The molecule has 8 heteroatoms. The third-order valence-electron chi connectivity index (χ3n) is 3.02. The molecule has 2 aromatic carbocycles. The van der Waals surface area contributed by atoms with E-state index in [4.69, 9.17) is 9.47 Å². The number of aromatic carboxylic acids is 1. The predicted octanol–water partition coefficient (Wildman–Crippen LogP) is 3.26. The molecule has 0 atom stereocenters. The number of benzene rings is 2. The van der Waals surface area contributed by atoms with Crippen LogP contribution in [0.2, 0.25) is 0 Å². The minimum absolute atomic E-state index is 0.0765. The molecule has 0 aliphatic carbocycles. The number of nitrogens with zero attached hydrogens (tertiary/aromatic N) is 1. The van der Waals surface area contributed by atoms with E-state index in [0.717, 1.165) is 0 Å². The summed E-state index contributed by atoms with van der Waals surface area (Å²) in [5, 5.41) is 20.4. The van der Waals surface area contributed by atoms with Crippen LogP contribution >= 0.6 is 0 Å². The standard InChI is InChI=1S/C16H13NO7/c1-2-23-16(20)10-6-5-9-13(14(10)15(18)19)24-12-8-4-3-7-11(12)17(21)22/h3-9H,2H2,1H3,(H,18,19). The number of hydrogen-bond donors (Lipinski definition) is 1. The second kappa shape index (κ2) is 7.23. The average Bonchev–Trinajstić information content (AvgIpc) is 2.55. The van der Waals surface area contributed by atoms with Crippen molar-refractivity contribution in [1.29, 1.82) is 0 Å². The Balaban J connectivity index is 2.52. The summed E-state index contributed by atoms with van der Waals surface area (Å²) in [6.45, 7) is 1.67. The van der Waals surface area contributed by atoms with Crippen molar-refractivity contribution >= 4 is 17.6 Å². The van der Waals surface area contributed by atoms with Crippen LogP contribution < -0.4 is 4.74 Å². The molecule has 0 fully saturated rings. The number of carbonyl (C=O) groups excluding carboxylic acids is 1. The molecule has 0 spiro atoms. The van der Waals surface area contributed by atoms with Gasteiger partial charge in [-0.05, 0) is 25.1 Å². The van der Waals surface area contributed by atoms with Crippen LogP contribution in [0.25, 0.3) is 0 Å². The molecule has 0 unspecified atom stereocenters. The molecular formula is C16H13NO7. The molecule has 8 nitrogen and oxygen atoms in total. The second-order valence-electron chi connectivity index (χ2n) is 4.53. The highest BCUT2D eigenvalue weighted by molar-refractivity contribution is 6.04. The number of nitro benzene ring substituents is 1. The maximum Gasteiger partial charge on any atom is 0.340 e. The van der Waals surface area contributed by atoms with Crippen molar-refractivity contribution in [3.8, 4) is 11.5 Å². The van der Waals surface area contributed by atoms with E-state index in [1.54, 1.807) is 6.92 Å². The molecule has 0 bridgehead atoms. The molecular weight excluding hydrogens is 318 g/mol. The first-order valence-corrected chi connectivity index (χ1v) is 6.90. The van der Waals surface area contributed by atoms with Crippen molar-refractivity contribution < 1.29 is 29.1 Å². The van der Waals surface area contributed by atoms with Gasteiger partial charge in [-0.25, -0.2) is 9.59 Å². The fourth-order valence-corrected chi connectivity index (χ4v) is 2.03. The van der Waals surface area contributed by atoms with Gasteiger partial charge in [-0.2, -0.15) is 0 Å². The Labute approximate surface area is 136 Å². The molecule has 0 saturated heterocycles. The topological polar surface area (TPSA) is 116 Å². The van der Waals surface area contributed by atoms with Gasteiger partial charge >= 0.3 is 17.6 Å². The van der Waals surface area contributed by atoms with Crippen LogP contribution in [0, 0.1) is 10.1 Å². The van der Waals surface area contributed by atoms with Crippen LogP contribution in [0.4, 0.5) is 5.69 Å². The number of carboxylic acid groups (broad SMARTS) is 1. The first kappa shape index (κ1) is 16.9. The third kappa shape index (κ3) is 3.49. The van der Waals surface area contributed by atoms with Crippen molar-refractivity contribution in [3.63, 3.8) is 0 Å². The maximum absolute atomic E-state index is 11.9. The molecule has 24 heavy (non-hydrogen) atoms. The van der Waals surface area contributed by atoms with Crippen LogP contribution in [-0.4, -0.2) is 28.6 Å². The summed E-state index contributed by atoms with van der Waals surface area (Å²) < 4.78 is 10.2. The number of carbonyl (C=O) groups is 2. The van der Waals surface area contributed by atoms with Gasteiger partial charge in [0.15, 0.2) is 0 Å². The van der Waals surface area contributed by atoms with E-state index >= 15 is 0 Å². The lowest BCUT2D eigenvalue weighted by atomic mass is 10.1. The van der Waals surface area contributed by atoms with Crippen molar-refractivity contribution in [2.45, 2.75) is 6.92 Å². The Morgan fingerprint density at radius 2 is 1.79 bits per heavy atom. The van der Waals surface area contributed by atoms with E-state index in [2.05, 4.69) is 0 Å². The van der Waals surface area contributed by atoms with Gasteiger partial charge in [0.2, 0.25) is 5.75 Å².